The molecule has 2 rings (SSSR count). The molecular formula is C15H21Cl2F3N2O. The monoisotopic (exact) mass is 372 g/mol. The quantitative estimate of drug-likeness (QED) is 0.791. The van der Waals surface area contributed by atoms with E-state index in [1.165, 1.54) is 12.1 Å². The fourth-order valence-corrected chi connectivity index (χ4v) is 2.57. The summed E-state index contributed by atoms with van der Waals surface area (Å²) in [5, 5.41) is 3.26. The normalized spacial score (nSPS) is 16.7. The molecule has 0 saturated carbocycles. The second kappa shape index (κ2) is 10.0. The van der Waals surface area contributed by atoms with Gasteiger partial charge in [-0.15, -0.1) is 44.6 Å². The summed E-state index contributed by atoms with van der Waals surface area (Å²) < 4.78 is 41.0. The van der Waals surface area contributed by atoms with E-state index >= 15 is 0 Å². The zero-order valence-corrected chi connectivity index (χ0v) is 14.1. The van der Waals surface area contributed by atoms with Crippen molar-refractivity contribution >= 4 is 24.8 Å². The lowest BCUT2D eigenvalue weighted by Crippen LogP contribution is -2.45. The topological polar surface area (TPSA) is 24.5 Å². The van der Waals surface area contributed by atoms with Crippen molar-refractivity contribution in [3.05, 3.63) is 42.5 Å². The fraction of sp³-hybridized carbons (Fsp3) is 0.467. The van der Waals surface area contributed by atoms with E-state index in [-0.39, 0.29) is 36.6 Å². The minimum Gasteiger partial charge on any atom is -0.406 e. The Hall–Kier alpha value is -0.950. The predicted octanol–water partition coefficient (Wildman–Crippen LogP) is 3.95. The molecule has 8 heteroatoms. The van der Waals surface area contributed by atoms with E-state index < -0.39 is 6.36 Å². The molecule has 0 spiro atoms. The molecule has 1 aliphatic rings. The zero-order valence-electron chi connectivity index (χ0n) is 12.5. The number of ether oxygens (including phenoxy) is 1. The van der Waals surface area contributed by atoms with Crippen LogP contribution in [0, 0.1) is 0 Å². The lowest BCUT2D eigenvalue weighted by atomic mass is 10.0. The highest BCUT2D eigenvalue weighted by atomic mass is 35.5. The molecule has 1 aliphatic heterocycles. The summed E-state index contributed by atoms with van der Waals surface area (Å²) in [7, 11) is 0. The van der Waals surface area contributed by atoms with Gasteiger partial charge in [-0.1, -0.05) is 18.2 Å². The minimum atomic E-state index is -4.67. The summed E-state index contributed by atoms with van der Waals surface area (Å²) >= 11 is 0. The Labute approximate surface area is 146 Å². The van der Waals surface area contributed by atoms with Gasteiger partial charge in [0, 0.05) is 32.2 Å². The smallest absolute Gasteiger partial charge is 0.406 e. The molecule has 132 valence electrons. The largest absolute Gasteiger partial charge is 0.573 e. The first-order valence-corrected chi connectivity index (χ1v) is 6.91. The summed E-state index contributed by atoms with van der Waals surface area (Å²) in [4.78, 5) is 2.25. The number of rotatable bonds is 5. The number of alkyl halides is 3. The molecule has 1 atom stereocenters. The maximum Gasteiger partial charge on any atom is 0.573 e. The van der Waals surface area contributed by atoms with Crippen LogP contribution >= 0.6 is 24.8 Å². The number of benzene rings is 1. The third-order valence-corrected chi connectivity index (χ3v) is 3.46. The van der Waals surface area contributed by atoms with Crippen LogP contribution in [0.15, 0.2) is 36.9 Å². The summed E-state index contributed by atoms with van der Waals surface area (Å²) in [6.45, 7) is 7.24. The van der Waals surface area contributed by atoms with E-state index in [1.54, 1.807) is 12.1 Å². The van der Waals surface area contributed by atoms with Crippen LogP contribution in [0.2, 0.25) is 0 Å². The van der Waals surface area contributed by atoms with Crippen LogP contribution in [-0.4, -0.2) is 37.4 Å². The van der Waals surface area contributed by atoms with Gasteiger partial charge in [0.05, 0.1) is 0 Å². The highest BCUT2D eigenvalue weighted by Crippen LogP contribution is 2.30. The average molecular weight is 373 g/mol. The molecule has 1 heterocycles. The van der Waals surface area contributed by atoms with Crippen LogP contribution in [0.4, 0.5) is 13.2 Å². The van der Waals surface area contributed by atoms with Gasteiger partial charge in [-0.05, 0) is 24.1 Å². The van der Waals surface area contributed by atoms with Crippen molar-refractivity contribution in [2.45, 2.75) is 18.8 Å². The molecule has 1 fully saturated rings. The molecule has 0 aliphatic carbocycles. The van der Waals surface area contributed by atoms with Gasteiger partial charge < -0.3 is 10.1 Å². The molecule has 3 nitrogen and oxygen atoms in total. The van der Waals surface area contributed by atoms with Crippen molar-refractivity contribution in [1.29, 1.82) is 0 Å². The lowest BCUT2D eigenvalue weighted by Gasteiger charge is -2.35. The van der Waals surface area contributed by atoms with Crippen molar-refractivity contribution in [2.24, 2.45) is 0 Å². The van der Waals surface area contributed by atoms with Gasteiger partial charge in [0.25, 0.3) is 0 Å². The van der Waals surface area contributed by atoms with Gasteiger partial charge >= 0.3 is 6.36 Å². The molecule has 0 amide bonds. The van der Waals surface area contributed by atoms with Crippen LogP contribution in [0.3, 0.4) is 0 Å². The number of nitrogens with one attached hydrogen (secondary N) is 1. The molecule has 0 radical (unpaired) electrons. The number of hydrogen-bond donors (Lipinski definition) is 1. The lowest BCUT2D eigenvalue weighted by molar-refractivity contribution is -0.274. The van der Waals surface area contributed by atoms with Gasteiger partial charge in [-0.2, -0.15) is 0 Å². The standard InChI is InChI=1S/C15H19F3N2O.2ClH/c1-2-4-14(20-9-7-19-8-10-20)12-5-3-6-13(11-12)21-15(16,17)18;;/h2-3,5-6,11,14,19H,1,4,7-10H2;2*1H/t14-;;/m0../s1. The second-order valence-electron chi connectivity index (χ2n) is 4.95. The molecule has 0 bridgehead atoms. The summed E-state index contributed by atoms with van der Waals surface area (Å²) in [5.74, 6) is -0.177. The fourth-order valence-electron chi connectivity index (χ4n) is 2.57. The Morgan fingerprint density at radius 3 is 2.48 bits per heavy atom. The van der Waals surface area contributed by atoms with Crippen LogP contribution in [-0.2, 0) is 0 Å². The Morgan fingerprint density at radius 2 is 1.91 bits per heavy atom. The van der Waals surface area contributed by atoms with E-state index in [9.17, 15) is 13.2 Å². The number of piperazine rings is 1. The van der Waals surface area contributed by atoms with E-state index in [0.29, 0.717) is 6.42 Å². The predicted molar refractivity (Wildman–Crippen MR) is 89.6 cm³/mol. The molecule has 0 unspecified atom stereocenters. The third kappa shape index (κ3) is 6.99. The van der Waals surface area contributed by atoms with Gasteiger partial charge in [-0.3, -0.25) is 4.90 Å². The molecule has 1 aromatic rings. The molecule has 1 saturated heterocycles. The number of halogens is 5. The number of hydrogen-bond acceptors (Lipinski definition) is 3. The maximum atomic E-state index is 12.3. The first-order valence-electron chi connectivity index (χ1n) is 6.91. The first-order chi connectivity index (χ1) is 9.99. The number of nitrogens with zero attached hydrogens (tertiary/aromatic N) is 1. The van der Waals surface area contributed by atoms with E-state index in [1.807, 2.05) is 6.07 Å². The zero-order chi connectivity index (χ0) is 15.3. The van der Waals surface area contributed by atoms with E-state index in [4.69, 9.17) is 0 Å². The van der Waals surface area contributed by atoms with Gasteiger partial charge in [0.1, 0.15) is 5.75 Å². The molecular weight excluding hydrogens is 352 g/mol. The van der Waals surface area contributed by atoms with Crippen LogP contribution in [0.1, 0.15) is 18.0 Å². The van der Waals surface area contributed by atoms with Crippen molar-refractivity contribution in [2.75, 3.05) is 26.2 Å². The van der Waals surface area contributed by atoms with Crippen LogP contribution in [0.25, 0.3) is 0 Å². The summed E-state index contributed by atoms with van der Waals surface area (Å²) in [5.41, 5.74) is 0.818. The summed E-state index contributed by atoms with van der Waals surface area (Å²) in [6, 6.07) is 6.23. The highest BCUT2D eigenvalue weighted by Gasteiger charge is 2.31. The first kappa shape index (κ1) is 22.1. The van der Waals surface area contributed by atoms with Gasteiger partial charge in [0.15, 0.2) is 0 Å². The Kier molecular flexibility index (Phi) is 9.61. The molecule has 1 aromatic carbocycles. The Bertz CT molecular complexity index is 480. The van der Waals surface area contributed by atoms with E-state index in [0.717, 1.165) is 31.7 Å². The average Bonchev–Trinajstić information content (AvgIpc) is 2.44. The summed E-state index contributed by atoms with van der Waals surface area (Å²) in [6.07, 6.45) is -2.18. The van der Waals surface area contributed by atoms with Gasteiger partial charge in [-0.25, -0.2) is 0 Å². The van der Waals surface area contributed by atoms with Crippen LogP contribution in [0.5, 0.6) is 5.75 Å². The maximum absolute atomic E-state index is 12.3. The van der Waals surface area contributed by atoms with Crippen molar-refractivity contribution in [3.63, 3.8) is 0 Å². The molecule has 23 heavy (non-hydrogen) atoms. The third-order valence-electron chi connectivity index (χ3n) is 3.46. The Balaban J connectivity index is 0.00000242. The molecule has 1 N–H and O–H groups in total. The van der Waals surface area contributed by atoms with Crippen LogP contribution < -0.4 is 10.1 Å². The molecule has 0 aromatic heterocycles. The van der Waals surface area contributed by atoms with Crippen molar-refractivity contribution in [3.8, 4) is 5.75 Å². The van der Waals surface area contributed by atoms with Gasteiger partial charge in [0.2, 0.25) is 0 Å². The van der Waals surface area contributed by atoms with E-state index in [2.05, 4.69) is 21.5 Å². The SMILES string of the molecule is C=CC[C@@H](c1cccc(OC(F)(F)F)c1)N1CCNCC1.Cl.Cl. The second-order valence-corrected chi connectivity index (χ2v) is 4.95. The highest BCUT2D eigenvalue weighted by molar-refractivity contribution is 5.85. The van der Waals surface area contributed by atoms with Crippen molar-refractivity contribution < 1.29 is 17.9 Å². The van der Waals surface area contributed by atoms with Crippen molar-refractivity contribution in [1.82, 2.24) is 10.2 Å². The Morgan fingerprint density at radius 1 is 1.26 bits per heavy atom. The minimum absolute atomic E-state index is 0.